The number of nitrogen functional groups attached to an aromatic ring is 1. The van der Waals surface area contributed by atoms with Crippen molar-refractivity contribution in [3.8, 4) is 0 Å². The van der Waals surface area contributed by atoms with Gasteiger partial charge in [-0.25, -0.2) is 13.6 Å². The molecular weight excluding hydrogens is 512 g/mol. The van der Waals surface area contributed by atoms with Crippen molar-refractivity contribution in [1.29, 1.82) is 0 Å². The molecule has 0 unspecified atom stereocenters. The third-order valence-corrected chi connectivity index (χ3v) is 16.7. The van der Waals surface area contributed by atoms with Crippen LogP contribution >= 0.6 is 11.6 Å². The first-order chi connectivity index (χ1) is 15.7. The van der Waals surface area contributed by atoms with Crippen molar-refractivity contribution in [3.05, 3.63) is 34.1 Å². The minimum absolute atomic E-state index is 0.0530. The number of hydrogen-bond acceptors (Lipinski definition) is 6. The molecule has 1 aromatic rings. The highest BCUT2D eigenvalue weighted by molar-refractivity contribution is 6.74. The van der Waals surface area contributed by atoms with Gasteiger partial charge in [0.25, 0.3) is 0 Å². The minimum Gasteiger partial charge on any atom is -0.413 e. The van der Waals surface area contributed by atoms with Crippen LogP contribution in [0.2, 0.25) is 36.3 Å². The van der Waals surface area contributed by atoms with Crippen molar-refractivity contribution in [2.75, 3.05) is 12.3 Å². The molecule has 0 aliphatic carbocycles. The second-order valence-electron chi connectivity index (χ2n) is 12.2. The zero-order valence-corrected chi connectivity index (χ0v) is 25.2. The Labute approximate surface area is 214 Å². The molecule has 0 bridgehead atoms. The lowest BCUT2D eigenvalue weighted by Crippen LogP contribution is -2.55. The summed E-state index contributed by atoms with van der Waals surface area (Å²) in [6.07, 6.45) is -2.22. The highest BCUT2D eigenvalue weighted by Crippen LogP contribution is 2.47. The van der Waals surface area contributed by atoms with E-state index in [1.54, 1.807) is 0 Å². The van der Waals surface area contributed by atoms with Crippen molar-refractivity contribution < 1.29 is 22.4 Å². The molecule has 12 heteroatoms. The smallest absolute Gasteiger partial charge is 0.351 e. The van der Waals surface area contributed by atoms with Gasteiger partial charge in [-0.15, -0.1) is 0 Å². The van der Waals surface area contributed by atoms with Crippen molar-refractivity contribution in [2.24, 2.45) is 0 Å². The number of aromatic nitrogens is 2. The number of hydrogen-bond donors (Lipinski definition) is 1. The maximum absolute atomic E-state index is 16.3. The Hall–Kier alpha value is -1.12. The van der Waals surface area contributed by atoms with Crippen LogP contribution in [0.1, 0.15) is 47.8 Å². The first kappa shape index (κ1) is 30.1. The van der Waals surface area contributed by atoms with Crippen molar-refractivity contribution >= 4 is 34.1 Å². The van der Waals surface area contributed by atoms with Gasteiger partial charge in [0.1, 0.15) is 11.7 Å². The summed E-state index contributed by atoms with van der Waals surface area (Å²) >= 11 is 6.03. The molecule has 2 rings (SSSR count). The second kappa shape index (κ2) is 9.98. The molecule has 1 fully saturated rings. The number of alkyl halides is 1. The lowest BCUT2D eigenvalue weighted by molar-refractivity contribution is -0.0937. The van der Waals surface area contributed by atoms with Gasteiger partial charge in [0.05, 0.1) is 12.8 Å². The van der Waals surface area contributed by atoms with Crippen molar-refractivity contribution in [3.63, 3.8) is 0 Å². The summed E-state index contributed by atoms with van der Waals surface area (Å²) in [5, 5.41) is -0.365. The third kappa shape index (κ3) is 6.07. The summed E-state index contributed by atoms with van der Waals surface area (Å²) in [6, 6.07) is 0. The topological polar surface area (TPSA) is 88.6 Å². The van der Waals surface area contributed by atoms with Crippen LogP contribution in [-0.4, -0.2) is 50.7 Å². The van der Waals surface area contributed by atoms with Gasteiger partial charge in [-0.3, -0.25) is 4.57 Å². The Kier molecular flexibility index (Phi) is 8.58. The van der Waals surface area contributed by atoms with Gasteiger partial charge in [-0.05, 0) is 42.3 Å². The van der Waals surface area contributed by atoms with Crippen LogP contribution in [-0.2, 0) is 13.6 Å². The number of rotatable bonds is 7. The van der Waals surface area contributed by atoms with Crippen LogP contribution in [0.15, 0.2) is 22.6 Å². The van der Waals surface area contributed by atoms with Crippen LogP contribution in [0.25, 0.3) is 0 Å². The highest BCUT2D eigenvalue weighted by atomic mass is 35.5. The van der Waals surface area contributed by atoms with E-state index in [1.807, 2.05) is 33.9 Å². The Balaban J connectivity index is 2.64. The molecular formula is C23H40ClF2N3O4Si2. The van der Waals surface area contributed by atoms with Crippen LogP contribution in [0.5, 0.6) is 0 Å². The summed E-state index contributed by atoms with van der Waals surface area (Å²) in [7, 11) is -4.85. The predicted molar refractivity (Wildman–Crippen MR) is 141 cm³/mol. The highest BCUT2D eigenvalue weighted by Gasteiger charge is 2.59. The molecule has 0 spiro atoms. The van der Waals surface area contributed by atoms with E-state index < -0.39 is 58.1 Å². The van der Waals surface area contributed by atoms with Crippen LogP contribution in [0, 0.1) is 5.82 Å². The molecule has 2 N–H and O–H groups in total. The number of anilines is 1. The van der Waals surface area contributed by atoms with E-state index >= 15 is 4.39 Å². The minimum atomic E-state index is -2.54. The predicted octanol–water partition coefficient (Wildman–Crippen LogP) is 5.74. The van der Waals surface area contributed by atoms with Gasteiger partial charge in [0.15, 0.2) is 40.7 Å². The van der Waals surface area contributed by atoms with E-state index in [9.17, 15) is 9.18 Å². The molecule has 0 saturated carbocycles. The summed E-state index contributed by atoms with van der Waals surface area (Å²) in [5.41, 5.74) is 4.26. The average molecular weight is 552 g/mol. The van der Waals surface area contributed by atoms with Gasteiger partial charge in [0, 0.05) is 5.54 Å². The van der Waals surface area contributed by atoms with E-state index in [0.29, 0.717) is 0 Å². The summed E-state index contributed by atoms with van der Waals surface area (Å²) < 4.78 is 50.5. The van der Waals surface area contributed by atoms with Crippen molar-refractivity contribution in [2.45, 2.75) is 102 Å². The molecule has 7 nitrogen and oxygen atoms in total. The maximum Gasteiger partial charge on any atom is 0.351 e. The quantitative estimate of drug-likeness (QED) is 0.435. The van der Waals surface area contributed by atoms with Crippen molar-refractivity contribution in [1.82, 2.24) is 9.55 Å². The van der Waals surface area contributed by atoms with Gasteiger partial charge >= 0.3 is 5.69 Å². The first-order valence-corrected chi connectivity index (χ1v) is 17.9. The summed E-state index contributed by atoms with van der Waals surface area (Å²) in [4.78, 5) is 16.0. The van der Waals surface area contributed by atoms with E-state index in [2.05, 4.69) is 38.8 Å². The molecule has 1 aromatic heterocycles. The van der Waals surface area contributed by atoms with Crippen LogP contribution in [0.4, 0.5) is 14.6 Å². The second-order valence-corrected chi connectivity index (χ2v) is 22.0. The molecule has 1 saturated heterocycles. The Morgan fingerprint density at radius 3 is 2.23 bits per heavy atom. The Morgan fingerprint density at radius 1 is 1.20 bits per heavy atom. The lowest BCUT2D eigenvalue weighted by Gasteiger charge is -2.44. The Morgan fingerprint density at radius 2 is 1.74 bits per heavy atom. The standard InChI is InChI=1S/C23H40ClF2N3O4Si2/c1-21(2,3)34(7,8)31-14-23(11-12-24)17(33-35(9,10)22(4,5)6)16(26)19(32-23)29-13-15(25)18(27)28-20(29)30/h11-13,16-17,19H,14H2,1-10H3,(H2,27,28,30)/t16-,17-,19+,23+/m0/s1. The number of ether oxygens (including phenoxy) is 1. The van der Waals surface area contributed by atoms with E-state index in [0.717, 1.165) is 10.8 Å². The van der Waals surface area contributed by atoms with Gasteiger partial charge < -0.3 is 19.3 Å². The van der Waals surface area contributed by atoms with Crippen LogP contribution < -0.4 is 11.4 Å². The molecule has 1 aliphatic rings. The maximum atomic E-state index is 16.3. The fraction of sp³-hybridized carbons (Fsp3) is 0.739. The van der Waals surface area contributed by atoms with E-state index in [1.165, 1.54) is 11.6 Å². The fourth-order valence-corrected chi connectivity index (χ4v) is 5.75. The average Bonchev–Trinajstić information content (AvgIpc) is 2.94. The Bertz CT molecular complexity index is 1010. The molecule has 0 amide bonds. The summed E-state index contributed by atoms with van der Waals surface area (Å²) in [6.45, 7) is 20.4. The zero-order chi connectivity index (χ0) is 27.2. The van der Waals surface area contributed by atoms with Gasteiger partial charge in [0.2, 0.25) is 0 Å². The van der Waals surface area contributed by atoms with Crippen LogP contribution in [0.3, 0.4) is 0 Å². The number of nitrogens with zero attached hydrogens (tertiary/aromatic N) is 2. The van der Waals surface area contributed by atoms with E-state index in [4.69, 9.17) is 30.9 Å². The molecule has 35 heavy (non-hydrogen) atoms. The number of nitrogens with two attached hydrogens (primary N) is 1. The number of halogens is 3. The molecule has 4 atom stereocenters. The SMILES string of the molecule is CC(C)(C)[Si](C)(C)OC[C@@]1(C=CCl)O[C@@H](n2cc(F)c(N)nc2=O)[C@@H](F)[C@@H]1O[Si](C)(C)C(C)(C)C. The van der Waals surface area contributed by atoms with Gasteiger partial charge in [-0.1, -0.05) is 53.1 Å². The molecule has 200 valence electrons. The zero-order valence-electron chi connectivity index (χ0n) is 22.4. The normalized spacial score (nSPS) is 26.6. The van der Waals surface area contributed by atoms with Gasteiger partial charge in [-0.2, -0.15) is 4.98 Å². The molecule has 0 radical (unpaired) electrons. The third-order valence-electron chi connectivity index (χ3n) is 7.63. The molecule has 2 heterocycles. The molecule has 1 aliphatic heterocycles. The lowest BCUT2D eigenvalue weighted by atomic mass is 9.97. The summed E-state index contributed by atoms with van der Waals surface area (Å²) in [5.74, 6) is -1.52. The molecule has 0 aromatic carbocycles. The largest absolute Gasteiger partial charge is 0.413 e. The monoisotopic (exact) mass is 551 g/mol. The fourth-order valence-electron chi connectivity index (χ4n) is 3.20. The first-order valence-electron chi connectivity index (χ1n) is 11.6. The van der Waals surface area contributed by atoms with E-state index in [-0.39, 0.29) is 16.7 Å².